The number of ether oxygens (including phenoxy) is 1. The Morgan fingerprint density at radius 3 is 2.56 bits per heavy atom. The topological polar surface area (TPSA) is 81.5 Å². The van der Waals surface area contributed by atoms with Crippen molar-refractivity contribution >= 4 is 18.1 Å². The van der Waals surface area contributed by atoms with Crippen molar-refractivity contribution < 1.29 is 14.2 Å². The largest absolute Gasteiger partial charge is 0.505 e. The van der Waals surface area contributed by atoms with Crippen LogP contribution < -0.4 is 11.5 Å². The normalized spacial score (nSPS) is 18.1. The summed E-state index contributed by atoms with van der Waals surface area (Å²) in [6, 6.07) is 1.94. The van der Waals surface area contributed by atoms with E-state index in [4.69, 9.17) is 16.2 Å². The summed E-state index contributed by atoms with van der Waals surface area (Å²) in [6.45, 7) is 1.31. The molecule has 0 bridgehead atoms. The van der Waals surface area contributed by atoms with Crippen molar-refractivity contribution in [2.45, 2.75) is 18.9 Å². The Kier molecular flexibility index (Phi) is 5.19. The van der Waals surface area contributed by atoms with Crippen LogP contribution in [-0.2, 0) is 4.74 Å². The molecule has 6 heteroatoms. The fourth-order valence-corrected chi connectivity index (χ4v) is 2.23. The first-order valence-electron chi connectivity index (χ1n) is 5.71. The Labute approximate surface area is 112 Å². The van der Waals surface area contributed by atoms with E-state index < -0.39 is 11.9 Å². The van der Waals surface area contributed by atoms with Crippen molar-refractivity contribution in [1.29, 1.82) is 0 Å². The zero-order chi connectivity index (χ0) is 12.4. The molecule has 1 fully saturated rings. The molecule has 0 saturated carbocycles. The van der Waals surface area contributed by atoms with Crippen LogP contribution in [0.25, 0.3) is 0 Å². The number of phenols is 1. The molecule has 0 aliphatic carbocycles. The van der Waals surface area contributed by atoms with Gasteiger partial charge in [-0.05, 0) is 24.8 Å². The lowest BCUT2D eigenvalue weighted by Crippen LogP contribution is -2.27. The van der Waals surface area contributed by atoms with Gasteiger partial charge in [0.05, 0.1) is 5.69 Å². The van der Waals surface area contributed by atoms with Crippen LogP contribution in [0.5, 0.6) is 5.75 Å². The molecule has 0 aromatic heterocycles. The van der Waals surface area contributed by atoms with Crippen molar-refractivity contribution in [2.75, 3.05) is 18.9 Å². The van der Waals surface area contributed by atoms with Gasteiger partial charge in [-0.15, -0.1) is 12.4 Å². The molecular formula is C12H18ClFN2O2. The van der Waals surface area contributed by atoms with E-state index in [1.807, 2.05) is 0 Å². The van der Waals surface area contributed by atoms with Crippen LogP contribution >= 0.6 is 12.4 Å². The highest BCUT2D eigenvalue weighted by Crippen LogP contribution is 2.36. The van der Waals surface area contributed by atoms with Gasteiger partial charge in [0.15, 0.2) is 0 Å². The molecule has 5 N–H and O–H groups in total. The molecular weight excluding hydrogens is 259 g/mol. The smallest absolute Gasteiger partial charge is 0.143 e. The van der Waals surface area contributed by atoms with Crippen molar-refractivity contribution in [2.24, 2.45) is 11.7 Å². The van der Waals surface area contributed by atoms with E-state index in [1.54, 1.807) is 0 Å². The van der Waals surface area contributed by atoms with E-state index in [0.717, 1.165) is 18.9 Å². The first-order chi connectivity index (χ1) is 8.09. The summed E-state index contributed by atoms with van der Waals surface area (Å²) < 4.78 is 18.5. The average molecular weight is 277 g/mol. The maximum atomic E-state index is 13.3. The zero-order valence-corrected chi connectivity index (χ0v) is 10.8. The number of hydrogen-bond donors (Lipinski definition) is 3. The highest BCUT2D eigenvalue weighted by Gasteiger charge is 2.25. The second-order valence-corrected chi connectivity index (χ2v) is 4.41. The number of rotatable bonds is 2. The Bertz CT molecular complexity index is 411. The third-order valence-electron chi connectivity index (χ3n) is 3.27. The second kappa shape index (κ2) is 6.22. The van der Waals surface area contributed by atoms with Crippen molar-refractivity contribution in [3.8, 4) is 5.75 Å². The van der Waals surface area contributed by atoms with Crippen LogP contribution in [0.1, 0.15) is 24.4 Å². The van der Waals surface area contributed by atoms with E-state index >= 15 is 0 Å². The van der Waals surface area contributed by atoms with Crippen molar-refractivity contribution in [1.82, 2.24) is 0 Å². The maximum Gasteiger partial charge on any atom is 0.143 e. The second-order valence-electron chi connectivity index (χ2n) is 4.41. The van der Waals surface area contributed by atoms with E-state index in [2.05, 4.69) is 0 Å². The number of nitrogen functional groups attached to an aromatic ring is 1. The Morgan fingerprint density at radius 2 is 1.94 bits per heavy atom. The molecule has 102 valence electrons. The number of benzene rings is 1. The molecule has 0 unspecified atom stereocenters. The van der Waals surface area contributed by atoms with Crippen molar-refractivity contribution in [3.05, 3.63) is 23.5 Å². The molecule has 4 nitrogen and oxygen atoms in total. The lowest BCUT2D eigenvalue weighted by Gasteiger charge is -2.28. The van der Waals surface area contributed by atoms with Crippen LogP contribution in [0.3, 0.4) is 0 Å². The Morgan fingerprint density at radius 1 is 1.33 bits per heavy atom. The third kappa shape index (κ3) is 3.04. The summed E-state index contributed by atoms with van der Waals surface area (Å²) in [5.41, 5.74) is 12.0. The highest BCUT2D eigenvalue weighted by atomic mass is 35.5. The molecule has 1 heterocycles. The monoisotopic (exact) mass is 276 g/mol. The first-order valence-corrected chi connectivity index (χ1v) is 5.71. The van der Waals surface area contributed by atoms with E-state index in [0.29, 0.717) is 18.8 Å². The predicted molar refractivity (Wildman–Crippen MR) is 70.2 cm³/mol. The van der Waals surface area contributed by atoms with Gasteiger partial charge in [0.1, 0.15) is 11.6 Å². The number of anilines is 1. The minimum absolute atomic E-state index is 0. The molecule has 0 radical (unpaired) electrons. The Hall–Kier alpha value is -1.04. The van der Waals surface area contributed by atoms with E-state index in [-0.39, 0.29) is 29.8 Å². The van der Waals surface area contributed by atoms with Crippen LogP contribution in [0, 0.1) is 11.7 Å². The van der Waals surface area contributed by atoms with Gasteiger partial charge in [-0.2, -0.15) is 0 Å². The lowest BCUT2D eigenvalue weighted by atomic mass is 9.87. The molecule has 1 aromatic carbocycles. The van der Waals surface area contributed by atoms with Crippen LogP contribution in [0.2, 0.25) is 0 Å². The number of hydrogen-bond acceptors (Lipinski definition) is 4. The van der Waals surface area contributed by atoms with Gasteiger partial charge in [-0.3, -0.25) is 0 Å². The molecule has 18 heavy (non-hydrogen) atoms. The van der Waals surface area contributed by atoms with Crippen molar-refractivity contribution in [3.63, 3.8) is 0 Å². The molecule has 1 aliphatic heterocycles. The summed E-state index contributed by atoms with van der Waals surface area (Å²) in [4.78, 5) is 0. The Balaban J connectivity index is 0.00000162. The minimum Gasteiger partial charge on any atom is -0.505 e. The highest BCUT2D eigenvalue weighted by molar-refractivity contribution is 5.85. The van der Waals surface area contributed by atoms with Crippen LogP contribution in [0.15, 0.2) is 12.1 Å². The van der Waals surface area contributed by atoms with Gasteiger partial charge in [0.25, 0.3) is 0 Å². The summed E-state index contributed by atoms with van der Waals surface area (Å²) in [5.74, 6) is -0.390. The SMILES string of the molecule is Cl.Nc1cc(F)cc([C@H](N)C2CCOCC2)c1O. The number of halogens is 2. The lowest BCUT2D eigenvalue weighted by molar-refractivity contribution is 0.0581. The average Bonchev–Trinajstić information content (AvgIpc) is 2.34. The first kappa shape index (κ1) is 15.0. The van der Waals surface area contributed by atoms with Gasteiger partial charge in [0, 0.05) is 30.9 Å². The third-order valence-corrected chi connectivity index (χ3v) is 3.27. The molecule has 1 aromatic rings. The molecule has 1 saturated heterocycles. The minimum atomic E-state index is -0.474. The van der Waals surface area contributed by atoms with Gasteiger partial charge in [0.2, 0.25) is 0 Å². The van der Waals surface area contributed by atoms with Gasteiger partial charge >= 0.3 is 0 Å². The summed E-state index contributed by atoms with van der Waals surface area (Å²) in [5, 5.41) is 9.82. The summed E-state index contributed by atoms with van der Waals surface area (Å²) in [7, 11) is 0. The quantitative estimate of drug-likeness (QED) is 0.570. The van der Waals surface area contributed by atoms with Gasteiger partial charge in [-0.25, -0.2) is 4.39 Å². The maximum absolute atomic E-state index is 13.3. The fourth-order valence-electron chi connectivity index (χ4n) is 2.23. The summed E-state index contributed by atoms with van der Waals surface area (Å²) >= 11 is 0. The predicted octanol–water partition coefficient (Wildman–Crippen LogP) is 1.96. The van der Waals surface area contributed by atoms with E-state index in [1.165, 1.54) is 6.07 Å². The number of phenolic OH excluding ortho intramolecular Hbond substituents is 1. The zero-order valence-electron chi connectivity index (χ0n) is 9.93. The summed E-state index contributed by atoms with van der Waals surface area (Å²) in [6.07, 6.45) is 1.63. The number of nitrogens with two attached hydrogens (primary N) is 2. The molecule has 0 spiro atoms. The van der Waals surface area contributed by atoms with Crippen LogP contribution in [-0.4, -0.2) is 18.3 Å². The van der Waals surface area contributed by atoms with E-state index in [9.17, 15) is 9.50 Å². The molecule has 0 amide bonds. The number of aromatic hydroxyl groups is 1. The molecule has 2 rings (SSSR count). The van der Waals surface area contributed by atoms with Crippen LogP contribution in [0.4, 0.5) is 10.1 Å². The standard InChI is InChI=1S/C12H17FN2O2.ClH/c13-8-5-9(12(16)10(14)6-8)11(15)7-1-3-17-4-2-7;/h5-7,11,16H,1-4,14-15H2;1H/t11-;/m1./s1. The molecule has 1 aliphatic rings. The van der Waals surface area contributed by atoms with Gasteiger partial charge < -0.3 is 21.3 Å². The molecule has 1 atom stereocenters. The van der Waals surface area contributed by atoms with Gasteiger partial charge in [-0.1, -0.05) is 0 Å². The fraction of sp³-hybridized carbons (Fsp3) is 0.500.